The highest BCUT2D eigenvalue weighted by molar-refractivity contribution is 8.00. The van der Waals surface area contributed by atoms with Gasteiger partial charge in [0.2, 0.25) is 10.0 Å². The summed E-state index contributed by atoms with van der Waals surface area (Å²) in [5.74, 6) is 0.557. The zero-order valence-corrected chi connectivity index (χ0v) is 14.0. The van der Waals surface area contributed by atoms with E-state index in [1.807, 2.05) is 17.5 Å². The van der Waals surface area contributed by atoms with Crippen LogP contribution in [-0.2, 0) is 10.0 Å². The predicted molar refractivity (Wildman–Crippen MR) is 89.0 cm³/mol. The van der Waals surface area contributed by atoms with Crippen LogP contribution in [0.15, 0.2) is 40.7 Å². The van der Waals surface area contributed by atoms with Gasteiger partial charge in [0.25, 0.3) is 0 Å². The normalized spacial score (nSPS) is 13.2. The number of hydrogen-bond acceptors (Lipinski definition) is 6. The fourth-order valence-electron chi connectivity index (χ4n) is 1.66. The Kier molecular flexibility index (Phi) is 5.63. The van der Waals surface area contributed by atoms with Crippen LogP contribution in [0.2, 0.25) is 0 Å². The van der Waals surface area contributed by atoms with Crippen LogP contribution in [0.1, 0.15) is 18.0 Å². The topological polar surface area (TPSA) is 85.1 Å². The number of nitrogen functional groups attached to an aromatic ring is 1. The first-order valence-corrected chi connectivity index (χ1v) is 9.86. The lowest BCUT2D eigenvalue weighted by Gasteiger charge is -2.11. The van der Waals surface area contributed by atoms with Crippen molar-refractivity contribution >= 4 is 38.8 Å². The number of nitrogens with two attached hydrogens (primary N) is 1. The van der Waals surface area contributed by atoms with Crippen LogP contribution in [0.3, 0.4) is 0 Å². The van der Waals surface area contributed by atoms with Crippen molar-refractivity contribution < 1.29 is 8.42 Å². The quantitative estimate of drug-likeness (QED) is 0.596. The standard InChI is InChI=1S/C13H17N3O2S3/c1-10(13-15-6-7-20-13)16-21(17,18)9-8-19-12-4-2-11(14)3-5-12/h2-7,10,16H,8-9,14H2,1H3. The zero-order valence-electron chi connectivity index (χ0n) is 11.5. The van der Waals surface area contributed by atoms with Crippen molar-refractivity contribution in [1.29, 1.82) is 0 Å². The number of aromatic nitrogens is 1. The molecule has 1 aromatic heterocycles. The summed E-state index contributed by atoms with van der Waals surface area (Å²) in [6, 6.07) is 7.09. The van der Waals surface area contributed by atoms with Gasteiger partial charge in [0.15, 0.2) is 0 Å². The Morgan fingerprint density at radius 3 is 2.71 bits per heavy atom. The molecule has 0 saturated heterocycles. The van der Waals surface area contributed by atoms with Gasteiger partial charge < -0.3 is 5.73 Å². The Morgan fingerprint density at radius 1 is 1.38 bits per heavy atom. The lowest BCUT2D eigenvalue weighted by molar-refractivity contribution is 0.568. The molecule has 21 heavy (non-hydrogen) atoms. The summed E-state index contributed by atoms with van der Waals surface area (Å²) in [7, 11) is -3.31. The molecule has 0 spiro atoms. The van der Waals surface area contributed by atoms with Gasteiger partial charge in [0.05, 0.1) is 11.8 Å². The van der Waals surface area contributed by atoms with E-state index in [0.717, 1.165) is 9.90 Å². The number of sulfonamides is 1. The number of hydrogen-bond donors (Lipinski definition) is 2. The molecule has 1 unspecified atom stereocenters. The number of thioether (sulfide) groups is 1. The molecule has 3 N–H and O–H groups in total. The Hall–Kier alpha value is -1.09. The number of thiazole rings is 1. The number of nitrogens with one attached hydrogen (secondary N) is 1. The van der Waals surface area contributed by atoms with Crippen LogP contribution in [0, 0.1) is 0 Å². The number of nitrogens with zero attached hydrogens (tertiary/aromatic N) is 1. The molecule has 0 aliphatic heterocycles. The van der Waals surface area contributed by atoms with Gasteiger partial charge in [-0.2, -0.15) is 0 Å². The average molecular weight is 343 g/mol. The van der Waals surface area contributed by atoms with E-state index in [0.29, 0.717) is 11.4 Å². The van der Waals surface area contributed by atoms with Crippen molar-refractivity contribution in [2.24, 2.45) is 0 Å². The molecule has 0 saturated carbocycles. The first kappa shape index (κ1) is 16.3. The van der Waals surface area contributed by atoms with Crippen molar-refractivity contribution in [1.82, 2.24) is 9.71 Å². The van der Waals surface area contributed by atoms with Gasteiger partial charge in [-0.25, -0.2) is 18.1 Å². The fourth-order valence-corrected chi connectivity index (χ4v) is 4.92. The van der Waals surface area contributed by atoms with E-state index >= 15 is 0 Å². The summed E-state index contributed by atoms with van der Waals surface area (Å²) in [4.78, 5) is 5.12. The highest BCUT2D eigenvalue weighted by atomic mass is 32.2. The molecule has 0 radical (unpaired) electrons. The third kappa shape index (κ3) is 5.31. The van der Waals surface area contributed by atoms with Crippen LogP contribution < -0.4 is 10.5 Å². The van der Waals surface area contributed by atoms with Crippen LogP contribution in [-0.4, -0.2) is 24.9 Å². The summed E-state index contributed by atoms with van der Waals surface area (Å²) in [6.45, 7) is 1.80. The van der Waals surface area contributed by atoms with E-state index in [9.17, 15) is 8.42 Å². The lowest BCUT2D eigenvalue weighted by atomic mass is 10.3. The van der Waals surface area contributed by atoms with Gasteiger partial charge in [0.1, 0.15) is 5.01 Å². The molecule has 1 heterocycles. The highest BCUT2D eigenvalue weighted by Gasteiger charge is 2.17. The van der Waals surface area contributed by atoms with Crippen LogP contribution in [0.4, 0.5) is 5.69 Å². The van der Waals surface area contributed by atoms with E-state index in [1.165, 1.54) is 23.1 Å². The lowest BCUT2D eigenvalue weighted by Crippen LogP contribution is -2.29. The summed E-state index contributed by atoms with van der Waals surface area (Å²) < 4.78 is 26.7. The van der Waals surface area contributed by atoms with Crippen LogP contribution in [0.25, 0.3) is 0 Å². The number of anilines is 1. The Labute approximate surface area is 133 Å². The molecule has 5 nitrogen and oxygen atoms in total. The minimum Gasteiger partial charge on any atom is -0.399 e. The molecular formula is C13H17N3O2S3. The van der Waals surface area contributed by atoms with Crippen molar-refractivity contribution in [3.63, 3.8) is 0 Å². The minimum atomic E-state index is -3.31. The molecule has 0 aliphatic rings. The highest BCUT2D eigenvalue weighted by Crippen LogP contribution is 2.20. The average Bonchev–Trinajstić information content (AvgIpc) is 2.94. The summed E-state index contributed by atoms with van der Waals surface area (Å²) in [5, 5.41) is 2.60. The largest absolute Gasteiger partial charge is 0.399 e. The Balaban J connectivity index is 1.82. The minimum absolute atomic E-state index is 0.0672. The third-order valence-electron chi connectivity index (χ3n) is 2.68. The smallest absolute Gasteiger partial charge is 0.213 e. The van der Waals surface area contributed by atoms with E-state index in [2.05, 4.69) is 9.71 Å². The Morgan fingerprint density at radius 2 is 2.10 bits per heavy atom. The van der Waals surface area contributed by atoms with E-state index in [-0.39, 0.29) is 11.8 Å². The van der Waals surface area contributed by atoms with E-state index in [1.54, 1.807) is 25.3 Å². The Bertz CT molecular complexity index is 654. The summed E-state index contributed by atoms with van der Waals surface area (Å²) in [5.41, 5.74) is 6.31. The van der Waals surface area contributed by atoms with Crippen molar-refractivity contribution in [3.8, 4) is 0 Å². The molecule has 8 heteroatoms. The molecule has 1 atom stereocenters. The second-order valence-corrected chi connectivity index (χ2v) is 8.41. The maximum atomic E-state index is 12.0. The van der Waals surface area contributed by atoms with E-state index in [4.69, 9.17) is 5.73 Å². The molecule has 0 aliphatic carbocycles. The third-order valence-corrected chi connectivity index (χ3v) is 6.36. The van der Waals surface area contributed by atoms with E-state index < -0.39 is 10.0 Å². The fraction of sp³-hybridized carbons (Fsp3) is 0.308. The second-order valence-electron chi connectivity index (χ2n) is 4.45. The van der Waals surface area contributed by atoms with Crippen LogP contribution in [0.5, 0.6) is 0 Å². The van der Waals surface area contributed by atoms with Gasteiger partial charge >= 0.3 is 0 Å². The summed E-state index contributed by atoms with van der Waals surface area (Å²) in [6.07, 6.45) is 1.67. The number of rotatable bonds is 7. The van der Waals surface area contributed by atoms with Crippen molar-refractivity contribution in [2.75, 3.05) is 17.2 Å². The second kappa shape index (κ2) is 7.26. The van der Waals surface area contributed by atoms with Crippen LogP contribution >= 0.6 is 23.1 Å². The predicted octanol–water partition coefficient (Wildman–Crippen LogP) is 2.50. The van der Waals surface area contributed by atoms with Gasteiger partial charge in [-0.1, -0.05) is 0 Å². The molecule has 1 aromatic carbocycles. The zero-order chi connectivity index (χ0) is 15.3. The molecule has 2 rings (SSSR count). The van der Waals surface area contributed by atoms with Crippen molar-refractivity contribution in [2.45, 2.75) is 17.9 Å². The first-order chi connectivity index (χ1) is 9.96. The maximum Gasteiger partial charge on any atom is 0.213 e. The molecule has 0 fully saturated rings. The van der Waals surface area contributed by atoms with Gasteiger partial charge in [-0.15, -0.1) is 23.1 Å². The first-order valence-electron chi connectivity index (χ1n) is 6.34. The molecular weight excluding hydrogens is 326 g/mol. The van der Waals surface area contributed by atoms with Gasteiger partial charge in [-0.05, 0) is 31.2 Å². The number of benzene rings is 1. The maximum absolute atomic E-state index is 12.0. The SMILES string of the molecule is CC(NS(=O)(=O)CCSc1ccc(N)cc1)c1nccs1. The monoisotopic (exact) mass is 343 g/mol. The molecule has 2 aromatic rings. The molecule has 114 valence electrons. The van der Waals surface area contributed by atoms with Crippen molar-refractivity contribution in [3.05, 3.63) is 40.8 Å². The van der Waals surface area contributed by atoms with Gasteiger partial charge in [-0.3, -0.25) is 0 Å². The summed E-state index contributed by atoms with van der Waals surface area (Å²) >= 11 is 2.93. The van der Waals surface area contributed by atoms with Gasteiger partial charge in [0, 0.05) is 27.9 Å². The molecule has 0 bridgehead atoms. The molecule has 0 amide bonds.